The summed E-state index contributed by atoms with van der Waals surface area (Å²) in [6.07, 6.45) is 1.12. The van der Waals surface area contributed by atoms with E-state index in [9.17, 15) is 13.7 Å². The molecule has 0 saturated carbocycles. The number of fused-ring (bicyclic) bond motifs is 1. The van der Waals surface area contributed by atoms with Gasteiger partial charge in [0.2, 0.25) is 10.0 Å². The van der Waals surface area contributed by atoms with Crippen molar-refractivity contribution in [2.45, 2.75) is 20.4 Å². The molecule has 5 nitrogen and oxygen atoms in total. The fraction of sp³-hybridized carbons (Fsp3) is 0.211. The summed E-state index contributed by atoms with van der Waals surface area (Å²) in [5, 5.41) is 10.6. The van der Waals surface area contributed by atoms with Crippen LogP contribution in [0.2, 0.25) is 0 Å². The van der Waals surface area contributed by atoms with Gasteiger partial charge < -0.3 is 4.57 Å². The molecule has 0 aliphatic rings. The predicted octanol–water partition coefficient (Wildman–Crippen LogP) is 6.04. The number of benzene rings is 2. The Morgan fingerprint density at radius 2 is 1.72 bits per heavy atom. The molecule has 2 aromatic carbocycles. The number of halogens is 3. The van der Waals surface area contributed by atoms with Gasteiger partial charge in [0.05, 0.1) is 23.0 Å². The highest BCUT2D eigenvalue weighted by atomic mass is 79.9. The van der Waals surface area contributed by atoms with Crippen molar-refractivity contribution in [3.05, 3.63) is 53.6 Å². The van der Waals surface area contributed by atoms with Crippen LogP contribution in [0.5, 0.6) is 0 Å². The van der Waals surface area contributed by atoms with Gasteiger partial charge in [-0.15, -0.1) is 47.3 Å². The Hall–Kier alpha value is -1.28. The van der Waals surface area contributed by atoms with Crippen molar-refractivity contribution >= 4 is 77.1 Å². The molecule has 0 fully saturated rings. The fourth-order valence-electron chi connectivity index (χ4n) is 3.11. The summed E-state index contributed by atoms with van der Waals surface area (Å²) in [4.78, 5) is 0. The predicted molar refractivity (Wildman–Crippen MR) is 134 cm³/mol. The number of nitrogens with one attached hydrogen (secondary N) is 1. The van der Waals surface area contributed by atoms with Crippen LogP contribution in [0.15, 0.2) is 42.5 Å². The molecule has 0 unspecified atom stereocenters. The quantitative estimate of drug-likeness (QED) is 0.370. The molecule has 0 aliphatic carbocycles. The molecule has 10 heteroatoms. The minimum atomic E-state index is -3.31. The fourth-order valence-corrected chi connectivity index (χ4v) is 3.68. The van der Waals surface area contributed by atoms with Crippen molar-refractivity contribution in [1.29, 1.82) is 5.26 Å². The van der Waals surface area contributed by atoms with Gasteiger partial charge >= 0.3 is 3.18 Å². The van der Waals surface area contributed by atoms with Crippen molar-refractivity contribution in [3.63, 3.8) is 0 Å². The Kier molecular flexibility index (Phi) is 8.41. The third-order valence-electron chi connectivity index (χ3n) is 4.11. The smallest absolute Gasteiger partial charge is 0.340 e. The van der Waals surface area contributed by atoms with E-state index in [0.29, 0.717) is 11.3 Å². The standard InChI is InChI=1S/C19H19N3O2S.BBr3/c1-4-22-18-11-13(2)5-10-16(18)17(12-20)19(22)14-6-8-15(9-7-14)21-25(3,23)24;2-1(3)4/h5-11,21H,4H2,1-3H3;. The number of aryl methyl sites for hydroxylation is 2. The first-order valence-electron chi connectivity index (χ1n) is 8.60. The first-order chi connectivity index (χ1) is 13.6. The normalized spacial score (nSPS) is 10.8. The molecule has 3 rings (SSSR count). The second kappa shape index (κ2) is 10.2. The number of hydrogen-bond donors (Lipinski definition) is 1. The Morgan fingerprint density at radius 3 is 2.21 bits per heavy atom. The van der Waals surface area contributed by atoms with E-state index < -0.39 is 10.0 Å². The molecule has 1 aromatic heterocycles. The topological polar surface area (TPSA) is 74.9 Å². The van der Waals surface area contributed by atoms with E-state index in [0.717, 1.165) is 40.5 Å². The molecule has 0 atom stereocenters. The summed E-state index contributed by atoms with van der Waals surface area (Å²) < 4.78 is 27.5. The highest BCUT2D eigenvalue weighted by Crippen LogP contribution is 2.34. The van der Waals surface area contributed by atoms with Gasteiger partial charge in [-0.25, -0.2) is 8.42 Å². The zero-order valence-corrected chi connectivity index (χ0v) is 21.7. The summed E-state index contributed by atoms with van der Waals surface area (Å²) in [6.45, 7) is 4.82. The number of rotatable bonds is 4. The van der Waals surface area contributed by atoms with Crippen molar-refractivity contribution in [2.75, 3.05) is 11.0 Å². The second-order valence-corrected chi connectivity index (χ2v) is 14.5. The van der Waals surface area contributed by atoms with Gasteiger partial charge in [-0.05, 0) is 43.2 Å². The Bertz CT molecular complexity index is 1150. The zero-order chi connectivity index (χ0) is 21.8. The number of nitrogens with zero attached hydrogens (tertiary/aromatic N) is 2. The molecule has 0 bridgehead atoms. The Labute approximate surface area is 196 Å². The third kappa shape index (κ3) is 6.35. The molecule has 0 amide bonds. The summed E-state index contributed by atoms with van der Waals surface area (Å²) in [5.41, 5.74) is 5.05. The van der Waals surface area contributed by atoms with Crippen molar-refractivity contribution in [2.24, 2.45) is 0 Å². The van der Waals surface area contributed by atoms with Gasteiger partial charge in [0.15, 0.2) is 0 Å². The monoisotopic (exact) mass is 601 g/mol. The number of aromatic nitrogens is 1. The van der Waals surface area contributed by atoms with Crippen LogP contribution in [0.1, 0.15) is 18.1 Å². The summed E-state index contributed by atoms with van der Waals surface area (Å²) >= 11 is 9.31. The third-order valence-corrected chi connectivity index (χ3v) is 4.72. The van der Waals surface area contributed by atoms with Gasteiger partial charge in [-0.2, -0.15) is 5.26 Å². The van der Waals surface area contributed by atoms with Crippen LogP contribution < -0.4 is 4.72 Å². The summed E-state index contributed by atoms with van der Waals surface area (Å²) in [5.74, 6) is 0. The lowest BCUT2D eigenvalue weighted by molar-refractivity contribution is 0.607. The van der Waals surface area contributed by atoms with Crippen LogP contribution in [-0.2, 0) is 16.6 Å². The minimum absolute atomic E-state index is 0.271. The van der Waals surface area contributed by atoms with Gasteiger partial charge in [0.25, 0.3) is 0 Å². The maximum Gasteiger partial charge on any atom is 0.369 e. The lowest BCUT2D eigenvalue weighted by Gasteiger charge is -2.10. The second-order valence-electron chi connectivity index (χ2n) is 6.30. The maximum atomic E-state index is 11.3. The van der Waals surface area contributed by atoms with E-state index in [1.165, 1.54) is 0 Å². The Morgan fingerprint density at radius 1 is 1.14 bits per heavy atom. The van der Waals surface area contributed by atoms with Gasteiger partial charge in [-0.1, -0.05) is 24.3 Å². The van der Waals surface area contributed by atoms with E-state index in [-0.39, 0.29) is 3.18 Å². The summed E-state index contributed by atoms with van der Waals surface area (Å²) in [7, 11) is -3.31. The van der Waals surface area contributed by atoms with Crippen LogP contribution in [0, 0.1) is 18.3 Å². The number of hydrogen-bond acceptors (Lipinski definition) is 3. The van der Waals surface area contributed by atoms with Crippen molar-refractivity contribution < 1.29 is 8.42 Å². The molecule has 1 N–H and O–H groups in total. The highest BCUT2D eigenvalue weighted by Gasteiger charge is 2.18. The van der Waals surface area contributed by atoms with Crippen LogP contribution in [0.3, 0.4) is 0 Å². The van der Waals surface area contributed by atoms with Crippen LogP contribution in [0.25, 0.3) is 22.2 Å². The molecular formula is C19H19BBr3N3O2S. The number of nitriles is 1. The van der Waals surface area contributed by atoms with E-state index in [4.69, 9.17) is 0 Å². The molecule has 0 radical (unpaired) electrons. The molecule has 29 heavy (non-hydrogen) atoms. The summed E-state index contributed by atoms with van der Waals surface area (Å²) in [6, 6.07) is 15.5. The first kappa shape index (κ1) is 24.0. The SMILES string of the molecule is BrB(Br)Br.CCn1c(-c2ccc(NS(C)(=O)=O)cc2)c(C#N)c2ccc(C)cc21. The van der Waals surface area contributed by atoms with E-state index in [1.54, 1.807) is 12.1 Å². The average molecular weight is 604 g/mol. The van der Waals surface area contributed by atoms with Gasteiger partial charge in [0.1, 0.15) is 6.07 Å². The molecule has 1 heterocycles. The van der Waals surface area contributed by atoms with Gasteiger partial charge in [0, 0.05) is 17.6 Å². The molecule has 3 aromatic rings. The van der Waals surface area contributed by atoms with Crippen LogP contribution in [-0.4, -0.2) is 22.4 Å². The average Bonchev–Trinajstić information content (AvgIpc) is 2.93. The van der Waals surface area contributed by atoms with Gasteiger partial charge in [-0.3, -0.25) is 4.72 Å². The highest BCUT2D eigenvalue weighted by molar-refractivity contribution is 9.69. The Balaban J connectivity index is 0.000000687. The minimum Gasteiger partial charge on any atom is -0.340 e. The lowest BCUT2D eigenvalue weighted by atomic mass is 10.1. The largest absolute Gasteiger partial charge is 0.369 e. The maximum absolute atomic E-state index is 11.3. The van der Waals surface area contributed by atoms with Crippen LogP contribution in [0.4, 0.5) is 5.69 Å². The zero-order valence-electron chi connectivity index (χ0n) is 16.1. The molecule has 0 spiro atoms. The first-order valence-corrected chi connectivity index (χ1v) is 13.2. The van der Waals surface area contributed by atoms with Crippen molar-refractivity contribution in [3.8, 4) is 17.3 Å². The van der Waals surface area contributed by atoms with Crippen molar-refractivity contribution in [1.82, 2.24) is 4.57 Å². The van der Waals surface area contributed by atoms with E-state index in [2.05, 4.69) is 68.7 Å². The number of anilines is 1. The molecular weight excluding hydrogens is 585 g/mol. The number of sulfonamides is 1. The lowest BCUT2D eigenvalue weighted by Crippen LogP contribution is -2.09. The van der Waals surface area contributed by atoms with E-state index >= 15 is 0 Å². The molecule has 0 aliphatic heterocycles. The van der Waals surface area contributed by atoms with E-state index in [1.807, 2.05) is 38.1 Å². The van der Waals surface area contributed by atoms with Crippen LogP contribution >= 0.6 is 47.3 Å². The molecule has 152 valence electrons. The molecule has 0 saturated heterocycles.